The van der Waals surface area contributed by atoms with E-state index >= 15 is 0 Å². The van der Waals surface area contributed by atoms with Crippen LogP contribution < -0.4 is 15.4 Å². The molecular formula is C14H15N5O4. The summed E-state index contributed by atoms with van der Waals surface area (Å²) in [5.41, 5.74) is 1.77. The van der Waals surface area contributed by atoms with Crippen LogP contribution in [-0.4, -0.2) is 40.7 Å². The first-order chi connectivity index (χ1) is 11.1. The first-order valence-corrected chi connectivity index (χ1v) is 6.95. The molecule has 9 heteroatoms. The van der Waals surface area contributed by atoms with E-state index < -0.39 is 6.09 Å². The maximum absolute atomic E-state index is 12.0. The van der Waals surface area contributed by atoms with E-state index in [0.717, 1.165) is 17.7 Å². The van der Waals surface area contributed by atoms with Crippen molar-refractivity contribution in [1.29, 1.82) is 0 Å². The fraction of sp³-hybridized carbons (Fsp3) is 0.286. The Morgan fingerprint density at radius 3 is 3.09 bits per heavy atom. The molecule has 0 bridgehead atoms. The van der Waals surface area contributed by atoms with Crippen molar-refractivity contribution in [3.05, 3.63) is 30.0 Å². The molecule has 0 saturated heterocycles. The van der Waals surface area contributed by atoms with Gasteiger partial charge in [-0.25, -0.2) is 4.79 Å². The lowest BCUT2D eigenvalue weighted by atomic mass is 10.1. The molecule has 0 spiro atoms. The number of carbonyl (C=O) groups excluding carboxylic acids is 2. The lowest BCUT2D eigenvalue weighted by Gasteiger charge is -2.06. The van der Waals surface area contributed by atoms with Crippen LogP contribution in [0.5, 0.6) is 5.75 Å². The Morgan fingerprint density at radius 2 is 2.26 bits per heavy atom. The van der Waals surface area contributed by atoms with Gasteiger partial charge in [-0.2, -0.15) is 9.90 Å². The summed E-state index contributed by atoms with van der Waals surface area (Å²) in [7, 11) is 1.24. The van der Waals surface area contributed by atoms with Crippen molar-refractivity contribution in [1.82, 2.24) is 15.0 Å². The van der Waals surface area contributed by atoms with Gasteiger partial charge in [0.2, 0.25) is 5.91 Å². The molecule has 2 heterocycles. The first kappa shape index (κ1) is 14.8. The summed E-state index contributed by atoms with van der Waals surface area (Å²) >= 11 is 0. The van der Waals surface area contributed by atoms with Gasteiger partial charge in [-0.05, 0) is 23.8 Å². The van der Waals surface area contributed by atoms with E-state index in [1.54, 1.807) is 6.07 Å². The second-order valence-corrected chi connectivity index (χ2v) is 4.85. The van der Waals surface area contributed by atoms with Crippen LogP contribution in [-0.2, 0) is 22.5 Å². The minimum absolute atomic E-state index is 0.0730. The van der Waals surface area contributed by atoms with E-state index in [9.17, 15) is 9.59 Å². The molecule has 0 atom stereocenters. The number of rotatable bonds is 4. The first-order valence-electron chi connectivity index (χ1n) is 6.95. The van der Waals surface area contributed by atoms with E-state index in [-0.39, 0.29) is 18.3 Å². The van der Waals surface area contributed by atoms with Gasteiger partial charge in [0.25, 0.3) is 0 Å². The molecule has 3 rings (SSSR count). The Bertz CT molecular complexity index is 743. The Morgan fingerprint density at radius 1 is 1.39 bits per heavy atom. The number of anilines is 2. The van der Waals surface area contributed by atoms with Gasteiger partial charge in [-0.15, -0.1) is 5.10 Å². The second kappa shape index (κ2) is 6.34. The zero-order valence-electron chi connectivity index (χ0n) is 12.4. The number of carbonyl (C=O) groups is 2. The van der Waals surface area contributed by atoms with Crippen molar-refractivity contribution in [3.8, 4) is 5.75 Å². The average molecular weight is 317 g/mol. The van der Waals surface area contributed by atoms with Crippen LogP contribution in [0.25, 0.3) is 0 Å². The Labute approximate surface area is 131 Å². The molecule has 1 aliphatic heterocycles. The standard InChI is InChI=1S/C14H15N5O4/c1-22-14(21)17-12-7-15-19(18-12)8-13(20)16-10-2-3-11-9(6-10)4-5-23-11/h2-3,6-7H,4-5,8H2,1H3,(H,16,20)(H,17,18,21). The number of aromatic nitrogens is 3. The number of hydrogen-bond donors (Lipinski definition) is 2. The van der Waals surface area contributed by atoms with E-state index in [2.05, 4.69) is 25.6 Å². The molecule has 120 valence electrons. The third-order valence-corrected chi connectivity index (χ3v) is 3.21. The number of hydrogen-bond acceptors (Lipinski definition) is 6. The molecule has 1 aromatic heterocycles. The van der Waals surface area contributed by atoms with Gasteiger partial charge in [-0.3, -0.25) is 10.1 Å². The van der Waals surface area contributed by atoms with Crippen LogP contribution in [0.2, 0.25) is 0 Å². The van der Waals surface area contributed by atoms with Crippen LogP contribution >= 0.6 is 0 Å². The summed E-state index contributed by atoms with van der Waals surface area (Å²) in [6.45, 7) is 0.594. The second-order valence-electron chi connectivity index (χ2n) is 4.85. The molecule has 0 fully saturated rings. The summed E-state index contributed by atoms with van der Waals surface area (Å²) < 4.78 is 9.86. The maximum Gasteiger partial charge on any atom is 0.412 e. The fourth-order valence-electron chi connectivity index (χ4n) is 2.18. The zero-order chi connectivity index (χ0) is 16.2. The van der Waals surface area contributed by atoms with Gasteiger partial charge in [0.05, 0.1) is 19.9 Å². The van der Waals surface area contributed by atoms with Gasteiger partial charge >= 0.3 is 6.09 Å². The summed E-state index contributed by atoms with van der Waals surface area (Å²) in [6.07, 6.45) is 1.51. The molecule has 0 aliphatic carbocycles. The summed E-state index contributed by atoms with van der Waals surface area (Å²) in [4.78, 5) is 24.2. The number of methoxy groups -OCH3 is 1. The number of nitrogens with zero attached hydrogens (tertiary/aromatic N) is 3. The molecule has 2 N–H and O–H groups in total. The van der Waals surface area contributed by atoms with Crippen molar-refractivity contribution in [2.24, 2.45) is 0 Å². The van der Waals surface area contributed by atoms with Crippen LogP contribution in [0.15, 0.2) is 24.4 Å². The molecule has 1 aliphatic rings. The van der Waals surface area contributed by atoms with Crippen molar-refractivity contribution in [2.45, 2.75) is 13.0 Å². The predicted molar refractivity (Wildman–Crippen MR) is 80.3 cm³/mol. The molecule has 2 amide bonds. The minimum Gasteiger partial charge on any atom is -0.493 e. The summed E-state index contributed by atoms with van der Waals surface area (Å²) in [5.74, 6) is 0.790. The fourth-order valence-corrected chi connectivity index (χ4v) is 2.18. The van der Waals surface area contributed by atoms with Crippen molar-refractivity contribution in [3.63, 3.8) is 0 Å². The highest BCUT2D eigenvalue weighted by Gasteiger charge is 2.13. The number of nitrogens with one attached hydrogen (secondary N) is 2. The quantitative estimate of drug-likeness (QED) is 0.872. The minimum atomic E-state index is -0.651. The number of ether oxygens (including phenoxy) is 2. The average Bonchev–Trinajstić information content (AvgIpc) is 3.15. The van der Waals surface area contributed by atoms with Crippen molar-refractivity contribution < 1.29 is 19.1 Å². The highest BCUT2D eigenvalue weighted by molar-refractivity contribution is 5.90. The molecule has 1 aromatic carbocycles. The number of fused-ring (bicyclic) bond motifs is 1. The Kier molecular flexibility index (Phi) is 4.09. The predicted octanol–water partition coefficient (Wildman–Crippen LogP) is 1.03. The van der Waals surface area contributed by atoms with Gasteiger partial charge in [0.15, 0.2) is 5.82 Å². The summed E-state index contributed by atoms with van der Waals surface area (Å²) in [5, 5.41) is 13.0. The van der Waals surface area contributed by atoms with Gasteiger partial charge in [-0.1, -0.05) is 0 Å². The lowest BCUT2D eigenvalue weighted by molar-refractivity contribution is -0.117. The molecule has 2 aromatic rings. The van der Waals surface area contributed by atoms with Gasteiger partial charge in [0, 0.05) is 12.1 Å². The highest BCUT2D eigenvalue weighted by atomic mass is 16.5. The van der Waals surface area contributed by atoms with E-state index in [0.29, 0.717) is 12.3 Å². The van der Waals surface area contributed by atoms with Gasteiger partial charge in [0.1, 0.15) is 12.3 Å². The van der Waals surface area contributed by atoms with E-state index in [1.165, 1.54) is 18.1 Å². The van der Waals surface area contributed by atoms with Crippen molar-refractivity contribution >= 4 is 23.5 Å². The topological polar surface area (TPSA) is 107 Å². The monoisotopic (exact) mass is 317 g/mol. The van der Waals surface area contributed by atoms with Crippen LogP contribution in [0.4, 0.5) is 16.3 Å². The smallest absolute Gasteiger partial charge is 0.412 e. The van der Waals surface area contributed by atoms with Crippen LogP contribution in [0.1, 0.15) is 5.56 Å². The third-order valence-electron chi connectivity index (χ3n) is 3.21. The SMILES string of the molecule is COC(=O)Nc1cnn(CC(=O)Nc2ccc3c(c2)CCO3)n1. The largest absolute Gasteiger partial charge is 0.493 e. The number of amides is 2. The zero-order valence-corrected chi connectivity index (χ0v) is 12.4. The molecule has 23 heavy (non-hydrogen) atoms. The summed E-state index contributed by atoms with van der Waals surface area (Å²) in [6, 6.07) is 5.51. The van der Waals surface area contributed by atoms with Crippen molar-refractivity contribution in [2.75, 3.05) is 24.4 Å². The Hall–Kier alpha value is -3.10. The molecule has 0 unspecified atom stereocenters. The molecule has 0 saturated carbocycles. The Balaban J connectivity index is 1.58. The third kappa shape index (κ3) is 3.57. The molecular weight excluding hydrogens is 302 g/mol. The lowest BCUT2D eigenvalue weighted by Crippen LogP contribution is -2.20. The highest BCUT2D eigenvalue weighted by Crippen LogP contribution is 2.27. The van der Waals surface area contributed by atoms with E-state index in [1.807, 2.05) is 12.1 Å². The molecule has 0 radical (unpaired) electrons. The van der Waals surface area contributed by atoms with Gasteiger partial charge < -0.3 is 14.8 Å². The normalized spacial score (nSPS) is 12.2. The van der Waals surface area contributed by atoms with E-state index in [4.69, 9.17) is 4.74 Å². The number of benzene rings is 1. The van der Waals surface area contributed by atoms with Crippen LogP contribution in [0.3, 0.4) is 0 Å². The van der Waals surface area contributed by atoms with Crippen LogP contribution in [0, 0.1) is 0 Å². The molecule has 9 nitrogen and oxygen atoms in total. The maximum atomic E-state index is 12.0.